The van der Waals surface area contributed by atoms with Crippen LogP contribution in [0.2, 0.25) is 0 Å². The van der Waals surface area contributed by atoms with E-state index in [-0.39, 0.29) is 17.9 Å². The van der Waals surface area contributed by atoms with Gasteiger partial charge in [0.15, 0.2) is 0 Å². The molecule has 0 bridgehead atoms. The van der Waals surface area contributed by atoms with Crippen molar-refractivity contribution < 1.29 is 9.18 Å². The summed E-state index contributed by atoms with van der Waals surface area (Å²) in [5, 5.41) is 2.75. The number of imidazole rings is 1. The molecule has 1 aromatic heterocycles. The molecule has 2 aromatic rings. The summed E-state index contributed by atoms with van der Waals surface area (Å²) in [4.78, 5) is 18.4. The van der Waals surface area contributed by atoms with Crippen LogP contribution >= 0.6 is 0 Å². The molecule has 1 heterocycles. The largest absolute Gasteiger partial charge is 0.337 e. The number of amides is 2. The molecule has 1 N–H and O–H groups in total. The molecule has 0 unspecified atom stereocenters. The third-order valence-electron chi connectivity index (χ3n) is 3.56. The van der Waals surface area contributed by atoms with E-state index in [4.69, 9.17) is 0 Å². The summed E-state index contributed by atoms with van der Waals surface area (Å²) in [6, 6.07) is 5.94. The molecule has 1 aliphatic carbocycles. The van der Waals surface area contributed by atoms with Gasteiger partial charge in [0, 0.05) is 31.2 Å². The third kappa shape index (κ3) is 3.21. The molecule has 0 saturated heterocycles. The maximum atomic E-state index is 13.2. The lowest BCUT2D eigenvalue weighted by Gasteiger charge is -2.22. The number of rotatable bonds is 4. The predicted molar refractivity (Wildman–Crippen MR) is 77.2 cm³/mol. The highest BCUT2D eigenvalue weighted by atomic mass is 19.1. The van der Waals surface area contributed by atoms with E-state index < -0.39 is 0 Å². The Kier molecular flexibility index (Phi) is 3.60. The smallest absolute Gasteiger partial charge is 0.322 e. The summed E-state index contributed by atoms with van der Waals surface area (Å²) in [5.41, 5.74) is 0.463. The minimum Gasteiger partial charge on any atom is -0.337 e. The van der Waals surface area contributed by atoms with Crippen LogP contribution in [0.3, 0.4) is 0 Å². The molecule has 21 heavy (non-hydrogen) atoms. The number of nitrogens with one attached hydrogen (secondary N) is 1. The lowest BCUT2D eigenvalue weighted by Crippen LogP contribution is -2.37. The van der Waals surface area contributed by atoms with E-state index in [2.05, 4.69) is 10.3 Å². The molecule has 1 fully saturated rings. The average Bonchev–Trinajstić information content (AvgIpc) is 3.20. The molecule has 2 amide bonds. The molecule has 5 nitrogen and oxygen atoms in total. The number of aromatic nitrogens is 2. The van der Waals surface area contributed by atoms with Crippen LogP contribution in [0.4, 0.5) is 14.9 Å². The molecule has 1 aliphatic rings. The molecule has 0 aliphatic heterocycles. The van der Waals surface area contributed by atoms with Crippen molar-refractivity contribution in [2.24, 2.45) is 7.05 Å². The molecule has 3 rings (SSSR count). The van der Waals surface area contributed by atoms with Crippen LogP contribution in [0.15, 0.2) is 36.7 Å². The lowest BCUT2D eigenvalue weighted by atomic mass is 10.3. The van der Waals surface area contributed by atoms with Gasteiger partial charge in [0.2, 0.25) is 0 Å². The van der Waals surface area contributed by atoms with Crippen molar-refractivity contribution in [2.45, 2.75) is 25.4 Å². The number of halogens is 1. The number of anilines is 1. The van der Waals surface area contributed by atoms with Gasteiger partial charge in [-0.15, -0.1) is 0 Å². The number of carbonyl (C=O) groups is 1. The van der Waals surface area contributed by atoms with E-state index in [9.17, 15) is 9.18 Å². The highest BCUT2D eigenvalue weighted by Gasteiger charge is 2.33. The van der Waals surface area contributed by atoms with Crippen LogP contribution < -0.4 is 5.32 Å². The van der Waals surface area contributed by atoms with Crippen molar-refractivity contribution in [1.82, 2.24) is 14.5 Å². The van der Waals surface area contributed by atoms with Gasteiger partial charge in [0.25, 0.3) is 0 Å². The van der Waals surface area contributed by atoms with E-state index in [0.29, 0.717) is 12.2 Å². The van der Waals surface area contributed by atoms with E-state index in [0.717, 1.165) is 18.7 Å². The first-order chi connectivity index (χ1) is 10.1. The van der Waals surface area contributed by atoms with E-state index in [1.807, 2.05) is 17.8 Å². The Labute approximate surface area is 122 Å². The van der Waals surface area contributed by atoms with Gasteiger partial charge in [-0.1, -0.05) is 6.07 Å². The van der Waals surface area contributed by atoms with Gasteiger partial charge in [-0.05, 0) is 31.0 Å². The number of aryl methyl sites for hydroxylation is 1. The third-order valence-corrected chi connectivity index (χ3v) is 3.56. The molecule has 1 aromatic carbocycles. The molecule has 0 spiro atoms. The first-order valence-corrected chi connectivity index (χ1v) is 6.93. The Morgan fingerprint density at radius 1 is 1.52 bits per heavy atom. The Balaban J connectivity index is 1.72. The number of urea groups is 1. The van der Waals surface area contributed by atoms with E-state index >= 15 is 0 Å². The van der Waals surface area contributed by atoms with Crippen LogP contribution in [-0.2, 0) is 13.6 Å². The Hall–Kier alpha value is -2.37. The molecular weight excluding hydrogens is 271 g/mol. The fraction of sp³-hybridized carbons (Fsp3) is 0.333. The van der Waals surface area contributed by atoms with Crippen molar-refractivity contribution >= 4 is 11.7 Å². The van der Waals surface area contributed by atoms with Crippen LogP contribution in [0.1, 0.15) is 18.7 Å². The summed E-state index contributed by atoms with van der Waals surface area (Å²) < 4.78 is 15.1. The summed E-state index contributed by atoms with van der Waals surface area (Å²) in [6.45, 7) is 0.454. The second-order valence-electron chi connectivity index (χ2n) is 5.25. The van der Waals surface area contributed by atoms with Crippen LogP contribution in [0.25, 0.3) is 0 Å². The van der Waals surface area contributed by atoms with E-state index in [1.54, 1.807) is 23.2 Å². The average molecular weight is 288 g/mol. The van der Waals surface area contributed by atoms with Gasteiger partial charge in [-0.25, -0.2) is 14.2 Å². The minimum atomic E-state index is -0.366. The Morgan fingerprint density at radius 2 is 2.33 bits per heavy atom. The summed E-state index contributed by atoms with van der Waals surface area (Å²) >= 11 is 0. The van der Waals surface area contributed by atoms with Crippen LogP contribution in [0, 0.1) is 5.82 Å². The quantitative estimate of drug-likeness (QED) is 0.940. The molecule has 0 radical (unpaired) electrons. The zero-order valence-electron chi connectivity index (χ0n) is 11.8. The Bertz CT molecular complexity index is 651. The maximum Gasteiger partial charge on any atom is 0.322 e. The fourth-order valence-corrected chi connectivity index (χ4v) is 2.22. The highest BCUT2D eigenvalue weighted by Crippen LogP contribution is 2.28. The number of nitrogens with zero attached hydrogens (tertiary/aromatic N) is 3. The van der Waals surface area contributed by atoms with Crippen molar-refractivity contribution in [2.75, 3.05) is 5.32 Å². The zero-order chi connectivity index (χ0) is 14.8. The summed E-state index contributed by atoms with van der Waals surface area (Å²) in [5.74, 6) is 0.464. The van der Waals surface area contributed by atoms with Gasteiger partial charge in [0.1, 0.15) is 11.6 Å². The maximum absolute atomic E-state index is 13.2. The van der Waals surface area contributed by atoms with Crippen molar-refractivity contribution in [3.63, 3.8) is 0 Å². The fourth-order valence-electron chi connectivity index (χ4n) is 2.22. The monoisotopic (exact) mass is 288 g/mol. The Morgan fingerprint density at radius 3 is 2.95 bits per heavy atom. The van der Waals surface area contributed by atoms with Crippen LogP contribution in [0.5, 0.6) is 0 Å². The molecule has 6 heteroatoms. The molecular formula is C15H17FN4O. The lowest BCUT2D eigenvalue weighted by molar-refractivity contribution is 0.204. The molecule has 110 valence electrons. The minimum absolute atomic E-state index is 0.217. The van der Waals surface area contributed by atoms with Gasteiger partial charge in [-0.2, -0.15) is 0 Å². The summed E-state index contributed by atoms with van der Waals surface area (Å²) in [6.07, 6.45) is 5.57. The van der Waals surface area contributed by atoms with Crippen LogP contribution in [-0.4, -0.2) is 26.5 Å². The van der Waals surface area contributed by atoms with Gasteiger partial charge in [0.05, 0.1) is 6.54 Å². The van der Waals surface area contributed by atoms with Gasteiger partial charge < -0.3 is 14.8 Å². The second kappa shape index (κ2) is 5.55. The SMILES string of the molecule is Cn1ccnc1CN(C(=O)Nc1cccc(F)c1)C1CC1. The number of benzene rings is 1. The second-order valence-corrected chi connectivity index (χ2v) is 5.25. The standard InChI is InChI=1S/C15H17FN4O/c1-19-8-7-17-14(19)10-20(13-5-6-13)15(21)18-12-4-2-3-11(16)9-12/h2-4,7-9,13H,5-6,10H2,1H3,(H,18,21). The first-order valence-electron chi connectivity index (χ1n) is 6.93. The van der Waals surface area contributed by atoms with Crippen molar-refractivity contribution in [3.05, 3.63) is 48.3 Å². The normalized spacial score (nSPS) is 14.0. The van der Waals surface area contributed by atoms with Crippen molar-refractivity contribution in [3.8, 4) is 0 Å². The number of hydrogen-bond acceptors (Lipinski definition) is 2. The van der Waals surface area contributed by atoms with E-state index in [1.165, 1.54) is 12.1 Å². The number of hydrogen-bond donors (Lipinski definition) is 1. The molecule has 1 saturated carbocycles. The summed E-state index contributed by atoms with van der Waals surface area (Å²) in [7, 11) is 1.90. The van der Waals surface area contributed by atoms with Gasteiger partial charge >= 0.3 is 6.03 Å². The molecule has 0 atom stereocenters. The number of carbonyl (C=O) groups excluding carboxylic acids is 1. The highest BCUT2D eigenvalue weighted by molar-refractivity contribution is 5.89. The van der Waals surface area contributed by atoms with Gasteiger partial charge in [-0.3, -0.25) is 0 Å². The first kappa shape index (κ1) is 13.6. The predicted octanol–water partition coefficient (Wildman–Crippen LogP) is 2.76. The van der Waals surface area contributed by atoms with Crippen molar-refractivity contribution in [1.29, 1.82) is 0 Å². The zero-order valence-corrected chi connectivity index (χ0v) is 11.8. The topological polar surface area (TPSA) is 50.2 Å².